The van der Waals surface area contributed by atoms with Crippen LogP contribution in [0.25, 0.3) is 0 Å². The summed E-state index contributed by atoms with van der Waals surface area (Å²) in [5, 5.41) is 55.3. The van der Waals surface area contributed by atoms with E-state index in [4.69, 9.17) is 40.3 Å². The molecule has 1 unspecified atom stereocenters. The fourth-order valence-electron chi connectivity index (χ4n) is 9.58. The molecular formula is C58H75ClN14O13S2. The van der Waals surface area contributed by atoms with Crippen molar-refractivity contribution in [1.82, 2.24) is 42.5 Å². The molecule has 4 aromatic rings. The largest absolute Gasteiger partial charge is 0.508 e. The van der Waals surface area contributed by atoms with Gasteiger partial charge in [0.2, 0.25) is 53.2 Å². The summed E-state index contributed by atoms with van der Waals surface area (Å²) < 4.78 is 0. The van der Waals surface area contributed by atoms with E-state index < -0.39 is 124 Å². The molecular weight excluding hydrogens is 1200 g/mol. The molecule has 2 aliphatic rings. The molecule has 11 amide bonds. The number of urea groups is 1. The van der Waals surface area contributed by atoms with E-state index in [0.29, 0.717) is 45.8 Å². The van der Waals surface area contributed by atoms with Crippen LogP contribution in [0.4, 0.5) is 10.5 Å². The maximum atomic E-state index is 14.9. The summed E-state index contributed by atoms with van der Waals surface area (Å²) in [7, 11) is 1.63. The Kier molecular flexibility index (Phi) is 25.6. The van der Waals surface area contributed by atoms with Gasteiger partial charge in [-0.1, -0.05) is 81.7 Å². The molecule has 2 aliphatic heterocycles. The summed E-state index contributed by atoms with van der Waals surface area (Å²) in [6.45, 7) is 1.59. The summed E-state index contributed by atoms with van der Waals surface area (Å²) in [5.41, 5.74) is 29.1. The van der Waals surface area contributed by atoms with Crippen LogP contribution in [0.5, 0.6) is 11.5 Å². The first kappa shape index (κ1) is 68.9. The number of carbonyl (C=O) groups excluding carboxylic acids is 10. The summed E-state index contributed by atoms with van der Waals surface area (Å²) in [5.74, 6) is -8.68. The van der Waals surface area contributed by atoms with Crippen LogP contribution < -0.4 is 76.5 Å². The molecule has 0 saturated carbocycles. The highest BCUT2D eigenvalue weighted by Gasteiger charge is 2.56. The van der Waals surface area contributed by atoms with Gasteiger partial charge in [0.05, 0.1) is 17.3 Å². The Labute approximate surface area is 520 Å². The summed E-state index contributed by atoms with van der Waals surface area (Å²) in [4.78, 5) is 139. The van der Waals surface area contributed by atoms with Gasteiger partial charge in [0.1, 0.15) is 59.4 Å². The van der Waals surface area contributed by atoms with Gasteiger partial charge in [-0.25, -0.2) is 4.79 Å². The second kappa shape index (κ2) is 32.7. The molecule has 0 spiro atoms. The van der Waals surface area contributed by atoms with Crippen LogP contribution in [0.2, 0.25) is 5.02 Å². The lowest BCUT2D eigenvalue weighted by Crippen LogP contribution is -2.75. The Morgan fingerprint density at radius 2 is 1.19 bits per heavy atom. The number of fused-ring (bicyclic) bond motifs is 2. The Morgan fingerprint density at radius 3 is 1.77 bits per heavy atom. The minimum Gasteiger partial charge on any atom is -0.508 e. The highest BCUT2D eigenvalue weighted by Crippen LogP contribution is 2.40. The van der Waals surface area contributed by atoms with E-state index in [9.17, 15) is 63.3 Å². The number of hydrogen-bond acceptors (Lipinski definition) is 18. The number of benzene rings is 4. The number of unbranched alkanes of at least 4 members (excludes halogenated alkanes) is 1. The molecule has 6 rings (SSSR count). The van der Waals surface area contributed by atoms with E-state index in [1.807, 2.05) is 0 Å². The van der Waals surface area contributed by atoms with E-state index in [2.05, 4.69) is 47.9 Å². The maximum absolute atomic E-state index is 14.9. The maximum Gasteiger partial charge on any atom is 0.312 e. The van der Waals surface area contributed by atoms with Gasteiger partial charge >= 0.3 is 6.03 Å². The van der Waals surface area contributed by atoms with Gasteiger partial charge in [0.25, 0.3) is 0 Å². The first-order valence-corrected chi connectivity index (χ1v) is 30.9. The van der Waals surface area contributed by atoms with Crippen LogP contribution >= 0.6 is 33.2 Å². The third-order valence-corrected chi connectivity index (χ3v) is 17.8. The van der Waals surface area contributed by atoms with Crippen LogP contribution in [-0.4, -0.2) is 159 Å². The number of aliphatic hydroxyl groups is 1. The number of piperidine rings is 1. The zero-order valence-electron chi connectivity index (χ0n) is 48.0. The number of nitrogens with one attached hydrogen (secondary N) is 9. The smallest absolute Gasteiger partial charge is 0.312 e. The van der Waals surface area contributed by atoms with Crippen molar-refractivity contribution < 1.29 is 63.3 Å². The van der Waals surface area contributed by atoms with Crippen LogP contribution in [0.1, 0.15) is 61.3 Å². The number of phenolic OH excluding ortho intramolecular Hbond substituents is 2. The third kappa shape index (κ3) is 20.5. The van der Waals surface area contributed by atoms with E-state index in [0.717, 1.165) is 21.6 Å². The molecule has 2 fully saturated rings. The lowest BCUT2D eigenvalue weighted by Gasteiger charge is -2.46. The molecule has 88 heavy (non-hydrogen) atoms. The molecule has 2 saturated heterocycles. The van der Waals surface area contributed by atoms with Gasteiger partial charge in [-0.15, -0.1) is 0 Å². The third-order valence-electron chi connectivity index (χ3n) is 14.6. The van der Waals surface area contributed by atoms with Gasteiger partial charge in [-0.2, -0.15) is 0 Å². The van der Waals surface area contributed by atoms with Crippen LogP contribution in [0, 0.1) is 0 Å². The number of aromatic hydroxyl groups is 2. The predicted molar refractivity (Wildman–Crippen MR) is 330 cm³/mol. The van der Waals surface area contributed by atoms with Crippen LogP contribution in [0.3, 0.4) is 0 Å². The zero-order valence-corrected chi connectivity index (χ0v) is 50.4. The zero-order chi connectivity index (χ0) is 64.2. The summed E-state index contributed by atoms with van der Waals surface area (Å²) in [6.07, 6.45) is 0.432. The molecule has 4 aromatic carbocycles. The molecule has 2 bridgehead atoms. The van der Waals surface area contributed by atoms with Crippen molar-refractivity contribution in [2.24, 2.45) is 28.7 Å². The monoisotopic (exact) mass is 1270 g/mol. The molecule has 27 nitrogen and oxygen atoms in total. The van der Waals surface area contributed by atoms with Crippen molar-refractivity contribution in [3.8, 4) is 11.5 Å². The second-order valence-corrected chi connectivity index (χ2v) is 24.5. The van der Waals surface area contributed by atoms with Crippen molar-refractivity contribution >= 4 is 98.1 Å². The number of nitrogens with two attached hydrogens (primary N) is 5. The fourth-order valence-corrected chi connectivity index (χ4v) is 12.9. The van der Waals surface area contributed by atoms with Gasteiger partial charge < -0.3 is 91.8 Å². The Balaban J connectivity index is 1.39. The van der Waals surface area contributed by atoms with Crippen molar-refractivity contribution in [3.63, 3.8) is 0 Å². The number of hydrogen-bond donors (Lipinski definition) is 17. The normalized spacial score (nSPS) is 22.9. The number of halogens is 1. The van der Waals surface area contributed by atoms with Crippen LogP contribution in [-0.2, 0) is 68.8 Å². The molecule has 474 valence electrons. The molecule has 11 atom stereocenters. The molecule has 0 aliphatic carbocycles. The molecule has 0 radical (unpaired) electrons. The number of primary amides is 2. The minimum atomic E-state index is -2.39. The first-order chi connectivity index (χ1) is 41.8. The van der Waals surface area contributed by atoms with E-state index >= 15 is 0 Å². The molecule has 22 N–H and O–H groups in total. The number of phenols is 2. The fraction of sp³-hybridized carbons (Fsp3) is 0.414. The van der Waals surface area contributed by atoms with Crippen molar-refractivity contribution in [1.29, 1.82) is 0 Å². The predicted octanol–water partition coefficient (Wildman–Crippen LogP) is -1.40. The van der Waals surface area contributed by atoms with Crippen molar-refractivity contribution in [2.75, 3.05) is 24.2 Å². The number of anilines is 1. The average Bonchev–Trinajstić information content (AvgIpc) is 1.41. The number of amides is 11. The topological polar surface area (TPSA) is 470 Å². The van der Waals surface area contributed by atoms with E-state index in [1.54, 1.807) is 36.4 Å². The quantitative estimate of drug-likeness (QED) is 0.0300. The molecule has 30 heteroatoms. The van der Waals surface area contributed by atoms with Crippen molar-refractivity contribution in [3.05, 3.63) is 124 Å². The van der Waals surface area contributed by atoms with Crippen molar-refractivity contribution in [2.45, 2.75) is 130 Å². The minimum absolute atomic E-state index is 0.0134. The van der Waals surface area contributed by atoms with Crippen LogP contribution in [0.15, 0.2) is 97.1 Å². The number of carbonyl (C=O) groups is 10. The second-order valence-electron chi connectivity index (χ2n) is 21.6. The van der Waals surface area contributed by atoms with Gasteiger partial charge in [-0.3, -0.25) is 43.2 Å². The standard InChI is InChI=1S/C58H75ClN14O13S2/c1-58(86)46-56(84)72-45(55(83)68-41(48(63)76)26-32-11-19-36(74)20-12-32)47(58)88-87-29-44(71-50(78)39(62)25-30-7-15-34(59)16-8-30)54(82)70-43(28-33-13-21-37(75)22-14-33)53(81)69-42(52(80)67-40(51(79)73-46)6-2-3-23-60)27-31-9-17-35(18-10-31)66-49(77)38(61)5-4-24-65-57(64)85/h7-22,38-47,74-75,86H,2-6,23-29,60-62H2,1H3,(H2,63,76)(H,66,77)(H,67,80)(H,68,83)(H,69,81)(H,70,82)(H,71,78)(H,72,84)(H,73,79)(H3,64,65,85)/t38-,39-,40-,41+,42+,43-,44+,45-,46+,47?,58+/m0/s1. The lowest BCUT2D eigenvalue weighted by atomic mass is 9.83. The summed E-state index contributed by atoms with van der Waals surface area (Å²) >= 11 is 6.10. The number of rotatable bonds is 23. The van der Waals surface area contributed by atoms with Gasteiger partial charge in [-0.05, 0) is 123 Å². The highest BCUT2D eigenvalue weighted by atomic mass is 35.5. The lowest BCUT2D eigenvalue weighted by molar-refractivity contribution is -0.145. The van der Waals surface area contributed by atoms with E-state index in [1.165, 1.54) is 67.6 Å². The molecule has 2 heterocycles. The Hall–Kier alpha value is -8.19. The molecule has 0 aromatic heterocycles. The van der Waals surface area contributed by atoms with Gasteiger partial charge in [0.15, 0.2) is 0 Å². The SMILES string of the molecule is C[C@]1(O)C2SSC[C@@H](NC(=O)[C@@H](N)Cc3ccc(Cl)cc3)C(=O)N[C@@H](Cc3ccc(O)cc3)C(=O)N[C@H](Cc3ccc(NC(=O)[C@@H](N)CCCNC(N)=O)cc3)C(=O)N[C@@H](CCCCN)C(=O)N[C@@H]1C(=O)N[C@@H]2C(=O)N[C@H](Cc1ccc(O)cc1)C(N)=O. The average molecular weight is 1280 g/mol. The summed E-state index contributed by atoms with van der Waals surface area (Å²) in [6, 6.07) is 10.1. The van der Waals surface area contributed by atoms with E-state index in [-0.39, 0.29) is 75.3 Å². The van der Waals surface area contributed by atoms with Gasteiger partial charge in [0, 0.05) is 42.3 Å². The first-order valence-electron chi connectivity index (χ1n) is 28.2. The highest BCUT2D eigenvalue weighted by molar-refractivity contribution is 8.77. The Morgan fingerprint density at radius 1 is 0.659 bits per heavy atom. The Bertz CT molecular complexity index is 3110.